The average Bonchev–Trinajstić information content (AvgIpc) is 1.09. The molecule has 3 saturated heterocycles. The van der Waals surface area contributed by atoms with Crippen LogP contribution in [0.25, 0.3) is 0 Å². The Morgan fingerprint density at radius 3 is 1.91 bits per heavy atom. The number of aliphatic hydroxyl groups excluding tert-OH is 4. The van der Waals surface area contributed by atoms with Crippen LogP contribution in [-0.2, 0) is 79.8 Å². The van der Waals surface area contributed by atoms with Crippen LogP contribution in [0.2, 0.25) is 0 Å². The number of rotatable bonds is 31. The number of aliphatic hydroxyl groups is 4. The Labute approximate surface area is 567 Å². The lowest BCUT2D eigenvalue weighted by Crippen LogP contribution is -2.61. The number of aromatic hydroxyl groups is 1. The maximum Gasteiger partial charge on any atom is 0.246 e. The molecule has 0 bridgehead atoms. The Morgan fingerprint density at radius 2 is 1.27 bits per heavy atom. The van der Waals surface area contributed by atoms with Crippen LogP contribution < -0.4 is 71.2 Å². The van der Waals surface area contributed by atoms with Gasteiger partial charge in [0.1, 0.15) is 78.5 Å². The van der Waals surface area contributed by atoms with Gasteiger partial charge in [-0.1, -0.05) is 89.7 Å². The number of amides is 12. The highest BCUT2D eigenvalue weighted by molar-refractivity contribution is 8.76. The van der Waals surface area contributed by atoms with Crippen molar-refractivity contribution in [1.29, 1.82) is 0 Å². The molecule has 2 aromatic carbocycles. The van der Waals surface area contributed by atoms with E-state index >= 15 is 0 Å². The van der Waals surface area contributed by atoms with Gasteiger partial charge in [-0.15, -0.1) is 0 Å². The molecule has 12 amide bonds. The molecule has 13 atom stereocenters. The number of likely N-dealkylation sites (tertiary alicyclic amines) is 1. The number of primary amides is 3. The fourth-order valence-corrected chi connectivity index (χ4v) is 13.0. The lowest BCUT2D eigenvalue weighted by Gasteiger charge is -2.39. The van der Waals surface area contributed by atoms with Gasteiger partial charge in [-0.2, -0.15) is 0 Å². The van der Waals surface area contributed by atoms with E-state index in [0.29, 0.717) is 49.7 Å². The van der Waals surface area contributed by atoms with E-state index in [1.807, 2.05) is 0 Å². The van der Waals surface area contributed by atoms with Crippen molar-refractivity contribution in [2.75, 3.05) is 44.4 Å². The van der Waals surface area contributed by atoms with Crippen molar-refractivity contribution in [2.24, 2.45) is 33.7 Å². The summed E-state index contributed by atoms with van der Waals surface area (Å²) in [6, 6.07) is 1.80. The van der Waals surface area contributed by atoms with E-state index in [2.05, 4.69) is 47.5 Å². The van der Waals surface area contributed by atoms with Gasteiger partial charge in [-0.3, -0.25) is 62.5 Å². The highest BCUT2D eigenvalue weighted by atomic mass is 33.1. The number of nitrogens with zero attached hydrogens (tertiary/aromatic N) is 2. The molecule has 97 heavy (non-hydrogen) atoms. The first-order chi connectivity index (χ1) is 46.2. The molecule has 3 heterocycles. The molecule has 536 valence electrons. The third-order valence-corrected chi connectivity index (χ3v) is 18.3. The Bertz CT molecular complexity index is 3030. The van der Waals surface area contributed by atoms with Crippen molar-refractivity contribution < 1.29 is 92.5 Å². The first-order valence-corrected chi connectivity index (χ1v) is 34.3. The zero-order valence-electron chi connectivity index (χ0n) is 53.5. The van der Waals surface area contributed by atoms with Crippen molar-refractivity contribution in [1.82, 2.24) is 47.4 Å². The summed E-state index contributed by atoms with van der Waals surface area (Å²) in [5.41, 5.74) is 28.2. The molecule has 0 radical (unpaired) electrons. The summed E-state index contributed by atoms with van der Waals surface area (Å²) < 4.78 is 11.0. The number of hydrogen-bond acceptors (Lipinski definition) is 22. The average molecular weight is 1400 g/mol. The number of hydrogen-bond donors (Lipinski definition) is 18. The number of unbranched alkanes of at least 4 members (excludes halogenated alkanes) is 5. The standard InChI is InChI=1S/C61H91N15O19S2/c62-45(79)22-21-37-53(87)74-40(28-46(63)80)56(90)75-42(59(93)76-24-11-15-43(76)58(92)71-36(14-10-23-67-61(65)66)52(86)68-29-47(64)81)32-97-96-31-41(69-48(82)16-8-3-1-2-4-9-25-94-60-51(85)50(84)49(83)44(30-77)95-60)57(91)73-39(27-34-17-19-35(78)20-18-34)55(89)72-38(54(88)70-37)26-33-12-6-5-7-13-33/h5-7,12-13,17-20,36-44,49-51,60,77-78,83-85H,1-4,8-11,14-16,21-32H2,(H2,62,79)(H2,63,80)(H2,64,81)(H,68,86)(H,69,82)(H,70,88)(H,71,92)(H,72,89)(H,73,91)(H,74,87)(H,75,90)(H4,65,66,67)/t36-,37-,38-,39-,40-,41-,42-,43-,44+,49+,50-,51+,60+/m0/s1. The number of aliphatic imine (C=N–C) groups is 1. The van der Waals surface area contributed by atoms with Crippen LogP contribution in [0.5, 0.6) is 5.75 Å². The second-order valence-corrected chi connectivity index (χ2v) is 26.1. The zero-order chi connectivity index (χ0) is 71.1. The van der Waals surface area contributed by atoms with E-state index in [1.54, 1.807) is 30.3 Å². The number of carbonyl (C=O) groups is 12. The maximum atomic E-state index is 15.0. The Kier molecular flexibility index (Phi) is 33.5. The van der Waals surface area contributed by atoms with Crippen molar-refractivity contribution in [3.63, 3.8) is 0 Å². The van der Waals surface area contributed by atoms with E-state index < -0.39 is 182 Å². The molecule has 23 N–H and O–H groups in total. The third-order valence-electron chi connectivity index (χ3n) is 15.9. The predicted octanol–water partition coefficient (Wildman–Crippen LogP) is -5.70. The lowest BCUT2D eigenvalue weighted by atomic mass is 9.99. The molecule has 3 aliphatic heterocycles. The molecule has 3 fully saturated rings. The van der Waals surface area contributed by atoms with E-state index in [4.69, 9.17) is 38.1 Å². The van der Waals surface area contributed by atoms with Gasteiger partial charge in [-0.05, 0) is 68.2 Å². The Balaban J connectivity index is 1.46. The summed E-state index contributed by atoms with van der Waals surface area (Å²) in [5.74, 6) is -12.0. The summed E-state index contributed by atoms with van der Waals surface area (Å²) in [4.78, 5) is 171. The minimum absolute atomic E-state index is 0.0414. The number of benzene rings is 2. The van der Waals surface area contributed by atoms with Crippen LogP contribution in [0.3, 0.4) is 0 Å². The number of carbonyl (C=O) groups excluding carboxylic acids is 12. The van der Waals surface area contributed by atoms with E-state index in [-0.39, 0.29) is 87.9 Å². The molecule has 2 aromatic rings. The van der Waals surface area contributed by atoms with Gasteiger partial charge in [0.2, 0.25) is 70.9 Å². The van der Waals surface area contributed by atoms with E-state index in [0.717, 1.165) is 26.5 Å². The highest BCUT2D eigenvalue weighted by Crippen LogP contribution is 2.27. The Morgan fingerprint density at radius 1 is 0.670 bits per heavy atom. The monoisotopic (exact) mass is 1400 g/mol. The molecular weight excluding hydrogens is 1310 g/mol. The minimum Gasteiger partial charge on any atom is -0.508 e. The van der Waals surface area contributed by atoms with E-state index in [9.17, 15) is 83.1 Å². The molecule has 3 aliphatic rings. The number of guanidine groups is 1. The maximum absolute atomic E-state index is 15.0. The summed E-state index contributed by atoms with van der Waals surface area (Å²) in [7, 11) is 1.87. The van der Waals surface area contributed by atoms with Gasteiger partial charge in [0.25, 0.3) is 0 Å². The number of phenolic OH excluding ortho intramolecular Hbond substituents is 1. The molecule has 0 spiro atoms. The molecule has 0 unspecified atom stereocenters. The minimum atomic E-state index is -1.87. The SMILES string of the molecule is NC(=O)CC[C@@H]1NC(=O)[C@H](Cc2ccccc2)NC(=O)[C@H](Cc2ccc(O)cc2)NC(=O)[C@@H](NC(=O)CCCCCCCCO[C@@H]2O[C@H](CO)[C@@H](O)[C@H](O)[C@H]2O)CSSC[C@@H](C(=O)N2CCC[C@H]2C(=O)N[C@@H](CCCN=C(N)N)C(=O)NCC(N)=O)NC(=O)[C@H](CC(N)=O)NC1=O. The van der Waals surface area contributed by atoms with Crippen LogP contribution in [0.4, 0.5) is 0 Å². The molecule has 0 aromatic heterocycles. The quantitative estimate of drug-likeness (QED) is 0.0145. The number of phenols is 1. The van der Waals surface area contributed by atoms with Crippen LogP contribution in [-0.4, -0.2) is 231 Å². The van der Waals surface area contributed by atoms with Crippen molar-refractivity contribution in [3.8, 4) is 5.75 Å². The fraction of sp³-hybridized carbons (Fsp3) is 0.590. The van der Waals surface area contributed by atoms with E-state index in [1.165, 1.54) is 24.3 Å². The molecule has 0 saturated carbocycles. The smallest absolute Gasteiger partial charge is 0.246 e. The van der Waals surface area contributed by atoms with Gasteiger partial charge in [0.15, 0.2) is 12.2 Å². The summed E-state index contributed by atoms with van der Waals surface area (Å²) in [6.45, 7) is -1.05. The molecule has 5 rings (SSSR count). The van der Waals surface area contributed by atoms with Crippen molar-refractivity contribution in [3.05, 3.63) is 65.7 Å². The first kappa shape index (κ1) is 79.3. The number of nitrogens with two attached hydrogens (primary N) is 5. The van der Waals surface area contributed by atoms with Crippen LogP contribution >= 0.6 is 21.6 Å². The highest BCUT2D eigenvalue weighted by Gasteiger charge is 2.45. The lowest BCUT2D eigenvalue weighted by molar-refractivity contribution is -0.301. The molecular formula is C61H91N15O19S2. The predicted molar refractivity (Wildman–Crippen MR) is 352 cm³/mol. The molecule has 36 heteroatoms. The number of ether oxygens (including phenoxy) is 2. The van der Waals surface area contributed by atoms with Gasteiger partial charge in [0.05, 0.1) is 19.6 Å². The normalized spacial score (nSPS) is 24.9. The van der Waals surface area contributed by atoms with Crippen LogP contribution in [0.1, 0.15) is 101 Å². The summed E-state index contributed by atoms with van der Waals surface area (Å²) >= 11 is 0. The van der Waals surface area contributed by atoms with Gasteiger partial charge in [-0.25, -0.2) is 0 Å². The van der Waals surface area contributed by atoms with Gasteiger partial charge >= 0.3 is 0 Å². The topological polar surface area (TPSA) is 566 Å². The summed E-state index contributed by atoms with van der Waals surface area (Å²) in [5, 5.41) is 70.7. The second-order valence-electron chi connectivity index (χ2n) is 23.6. The third kappa shape index (κ3) is 27.2. The summed E-state index contributed by atoms with van der Waals surface area (Å²) in [6.07, 6.45) is -5.53. The van der Waals surface area contributed by atoms with Crippen LogP contribution in [0.15, 0.2) is 59.6 Å². The largest absolute Gasteiger partial charge is 0.508 e. The van der Waals surface area contributed by atoms with Crippen molar-refractivity contribution in [2.45, 2.75) is 182 Å². The van der Waals surface area contributed by atoms with Gasteiger partial charge in [0, 0.05) is 56.9 Å². The molecule has 0 aliphatic carbocycles. The van der Waals surface area contributed by atoms with Crippen molar-refractivity contribution >= 4 is 98.4 Å². The zero-order valence-corrected chi connectivity index (χ0v) is 55.1. The molecule has 34 nitrogen and oxygen atoms in total. The van der Waals surface area contributed by atoms with Crippen LogP contribution in [0, 0.1) is 0 Å². The second kappa shape index (κ2) is 41.0. The number of nitrogens with one attached hydrogen (secondary N) is 8. The van der Waals surface area contributed by atoms with Gasteiger partial charge < -0.3 is 111 Å². The fourth-order valence-electron chi connectivity index (χ4n) is 10.7. The first-order valence-electron chi connectivity index (χ1n) is 31.8. The Hall–Kier alpha value is -8.39.